The van der Waals surface area contributed by atoms with E-state index >= 15 is 0 Å². The predicted molar refractivity (Wildman–Crippen MR) is 59.0 cm³/mol. The van der Waals surface area contributed by atoms with Gasteiger partial charge in [0.15, 0.2) is 0 Å². The fourth-order valence-corrected chi connectivity index (χ4v) is 1.09. The maximum absolute atomic E-state index is 8.56. The summed E-state index contributed by atoms with van der Waals surface area (Å²) in [4.78, 5) is 0. The van der Waals surface area contributed by atoms with Gasteiger partial charge in [0.05, 0.1) is 13.7 Å². The Bertz CT molecular complexity index is 256. The third-order valence-corrected chi connectivity index (χ3v) is 1.75. The lowest BCUT2D eigenvalue weighted by Crippen LogP contribution is -2.17. The Kier molecular flexibility index (Phi) is 7.20. The van der Waals surface area contributed by atoms with Gasteiger partial charge in [0.2, 0.25) is 0 Å². The quantitative estimate of drug-likeness (QED) is 0.729. The zero-order valence-electron chi connectivity index (χ0n) is 8.19. The summed E-state index contributed by atoms with van der Waals surface area (Å²) in [5.74, 6) is 0.864. The Morgan fingerprint density at radius 3 is 2.86 bits per heavy atom. The topological polar surface area (TPSA) is 41.5 Å². The molecule has 2 N–H and O–H groups in total. The second-order valence-electron chi connectivity index (χ2n) is 2.75. The van der Waals surface area contributed by atoms with Crippen molar-refractivity contribution >= 4 is 12.4 Å². The zero-order chi connectivity index (χ0) is 9.52. The molecule has 0 unspecified atom stereocenters. The first kappa shape index (κ1) is 13.2. The molecule has 0 saturated carbocycles. The van der Waals surface area contributed by atoms with Gasteiger partial charge < -0.3 is 15.2 Å². The fourth-order valence-electron chi connectivity index (χ4n) is 1.09. The summed E-state index contributed by atoms with van der Waals surface area (Å²) in [7, 11) is 1.65. The van der Waals surface area contributed by atoms with Gasteiger partial charge in [-0.1, -0.05) is 12.1 Å². The second-order valence-corrected chi connectivity index (χ2v) is 2.75. The van der Waals surface area contributed by atoms with E-state index in [-0.39, 0.29) is 19.0 Å². The Morgan fingerprint density at radius 2 is 2.21 bits per heavy atom. The number of methoxy groups -OCH3 is 1. The van der Waals surface area contributed by atoms with Crippen molar-refractivity contribution in [3.63, 3.8) is 0 Å². The van der Waals surface area contributed by atoms with Crippen LogP contribution in [0.5, 0.6) is 5.75 Å². The van der Waals surface area contributed by atoms with Crippen LogP contribution in [-0.2, 0) is 6.54 Å². The minimum atomic E-state index is 0. The Morgan fingerprint density at radius 1 is 1.43 bits per heavy atom. The van der Waals surface area contributed by atoms with E-state index in [9.17, 15) is 0 Å². The number of aliphatic hydroxyl groups is 1. The van der Waals surface area contributed by atoms with Gasteiger partial charge in [-0.2, -0.15) is 0 Å². The zero-order valence-corrected chi connectivity index (χ0v) is 9.01. The normalized spacial score (nSPS) is 9.29. The Labute approximate surface area is 90.5 Å². The van der Waals surface area contributed by atoms with Crippen LogP contribution in [0.4, 0.5) is 0 Å². The van der Waals surface area contributed by atoms with Gasteiger partial charge in [-0.05, 0) is 17.7 Å². The number of benzene rings is 1. The molecule has 0 aliphatic rings. The summed E-state index contributed by atoms with van der Waals surface area (Å²) in [6.07, 6.45) is 0. The molecule has 0 spiro atoms. The number of ether oxygens (including phenoxy) is 1. The first-order chi connectivity index (χ1) is 6.36. The van der Waals surface area contributed by atoms with Crippen LogP contribution in [0.1, 0.15) is 5.56 Å². The van der Waals surface area contributed by atoms with Crippen LogP contribution < -0.4 is 10.1 Å². The monoisotopic (exact) mass is 217 g/mol. The van der Waals surface area contributed by atoms with E-state index in [0.29, 0.717) is 6.54 Å². The molecular weight excluding hydrogens is 202 g/mol. The van der Waals surface area contributed by atoms with Crippen LogP contribution in [-0.4, -0.2) is 25.4 Å². The summed E-state index contributed by atoms with van der Waals surface area (Å²) >= 11 is 0. The molecule has 0 bridgehead atoms. The number of hydrogen-bond acceptors (Lipinski definition) is 3. The smallest absolute Gasteiger partial charge is 0.119 e. The molecule has 0 amide bonds. The van der Waals surface area contributed by atoms with Crippen LogP contribution in [0, 0.1) is 0 Å². The molecule has 3 nitrogen and oxygen atoms in total. The molecular formula is C10H16ClNO2. The van der Waals surface area contributed by atoms with Crippen LogP contribution in [0.15, 0.2) is 24.3 Å². The van der Waals surface area contributed by atoms with Crippen LogP contribution in [0.25, 0.3) is 0 Å². The second kappa shape index (κ2) is 7.62. The highest BCUT2D eigenvalue weighted by Crippen LogP contribution is 2.11. The van der Waals surface area contributed by atoms with Crippen molar-refractivity contribution in [2.24, 2.45) is 0 Å². The van der Waals surface area contributed by atoms with Gasteiger partial charge in [0.1, 0.15) is 5.75 Å². The molecule has 1 rings (SSSR count). The SMILES string of the molecule is COc1cccc(CNCCO)c1.Cl. The summed E-state index contributed by atoms with van der Waals surface area (Å²) in [6.45, 7) is 1.55. The van der Waals surface area contributed by atoms with Gasteiger partial charge in [-0.15, -0.1) is 12.4 Å². The van der Waals surface area contributed by atoms with E-state index in [1.54, 1.807) is 7.11 Å². The summed E-state index contributed by atoms with van der Waals surface area (Å²) in [5, 5.41) is 11.7. The molecule has 0 aliphatic carbocycles. The highest BCUT2D eigenvalue weighted by molar-refractivity contribution is 5.85. The Hall–Kier alpha value is -0.770. The van der Waals surface area contributed by atoms with Gasteiger partial charge in [-0.3, -0.25) is 0 Å². The first-order valence-electron chi connectivity index (χ1n) is 4.31. The third kappa shape index (κ3) is 4.46. The number of rotatable bonds is 5. The van der Waals surface area contributed by atoms with Crippen LogP contribution in [0.3, 0.4) is 0 Å². The van der Waals surface area contributed by atoms with Crippen molar-refractivity contribution in [1.29, 1.82) is 0 Å². The molecule has 14 heavy (non-hydrogen) atoms. The standard InChI is InChI=1S/C10H15NO2.ClH/c1-13-10-4-2-3-9(7-10)8-11-5-6-12;/h2-4,7,11-12H,5-6,8H2,1H3;1H. The maximum Gasteiger partial charge on any atom is 0.119 e. The summed E-state index contributed by atoms with van der Waals surface area (Å²) < 4.78 is 5.08. The van der Waals surface area contributed by atoms with E-state index in [4.69, 9.17) is 9.84 Å². The van der Waals surface area contributed by atoms with Crippen molar-refractivity contribution in [3.8, 4) is 5.75 Å². The minimum absolute atomic E-state index is 0. The van der Waals surface area contributed by atoms with Crippen molar-refractivity contribution in [2.75, 3.05) is 20.3 Å². The predicted octanol–water partition coefficient (Wildman–Crippen LogP) is 1.20. The van der Waals surface area contributed by atoms with Crippen molar-refractivity contribution < 1.29 is 9.84 Å². The number of aliphatic hydroxyl groups excluding tert-OH is 1. The highest BCUT2D eigenvalue weighted by Gasteiger charge is 1.94. The van der Waals surface area contributed by atoms with Crippen LogP contribution >= 0.6 is 12.4 Å². The number of nitrogens with one attached hydrogen (secondary N) is 1. The largest absolute Gasteiger partial charge is 0.497 e. The fraction of sp³-hybridized carbons (Fsp3) is 0.400. The average Bonchev–Trinajstić information content (AvgIpc) is 2.19. The molecule has 0 fully saturated rings. The first-order valence-corrected chi connectivity index (χ1v) is 4.31. The molecule has 0 atom stereocenters. The third-order valence-electron chi connectivity index (χ3n) is 1.75. The Balaban J connectivity index is 0.00000169. The molecule has 4 heteroatoms. The number of hydrogen-bond donors (Lipinski definition) is 2. The summed E-state index contributed by atoms with van der Waals surface area (Å²) in [5.41, 5.74) is 1.16. The lowest BCUT2D eigenvalue weighted by atomic mass is 10.2. The molecule has 0 radical (unpaired) electrons. The molecule has 0 heterocycles. The van der Waals surface area contributed by atoms with Crippen LogP contribution in [0.2, 0.25) is 0 Å². The lowest BCUT2D eigenvalue weighted by Gasteiger charge is -2.04. The molecule has 0 aromatic heterocycles. The summed E-state index contributed by atoms with van der Waals surface area (Å²) in [6, 6.07) is 7.86. The van der Waals surface area contributed by atoms with Gasteiger partial charge in [-0.25, -0.2) is 0 Å². The molecule has 1 aromatic rings. The average molecular weight is 218 g/mol. The van der Waals surface area contributed by atoms with E-state index in [0.717, 1.165) is 17.9 Å². The van der Waals surface area contributed by atoms with E-state index < -0.39 is 0 Å². The molecule has 1 aromatic carbocycles. The number of halogens is 1. The van der Waals surface area contributed by atoms with E-state index in [1.807, 2.05) is 24.3 Å². The van der Waals surface area contributed by atoms with Crippen molar-refractivity contribution in [3.05, 3.63) is 29.8 Å². The molecule has 80 valence electrons. The minimum Gasteiger partial charge on any atom is -0.497 e. The van der Waals surface area contributed by atoms with Crippen molar-refractivity contribution in [2.45, 2.75) is 6.54 Å². The maximum atomic E-state index is 8.56. The molecule has 0 saturated heterocycles. The van der Waals surface area contributed by atoms with E-state index in [2.05, 4.69) is 5.32 Å². The van der Waals surface area contributed by atoms with Gasteiger partial charge in [0, 0.05) is 13.1 Å². The highest BCUT2D eigenvalue weighted by atomic mass is 35.5. The molecule has 0 aliphatic heterocycles. The van der Waals surface area contributed by atoms with E-state index in [1.165, 1.54) is 0 Å². The van der Waals surface area contributed by atoms with Gasteiger partial charge >= 0.3 is 0 Å². The van der Waals surface area contributed by atoms with Gasteiger partial charge in [0.25, 0.3) is 0 Å². The lowest BCUT2D eigenvalue weighted by molar-refractivity contribution is 0.292. The van der Waals surface area contributed by atoms with Crippen molar-refractivity contribution in [1.82, 2.24) is 5.32 Å².